The van der Waals surface area contributed by atoms with Gasteiger partial charge in [-0.3, -0.25) is 19.5 Å². The molecule has 41 heavy (non-hydrogen) atoms. The summed E-state index contributed by atoms with van der Waals surface area (Å²) in [5.41, 5.74) is 3.81. The minimum absolute atomic E-state index is 0.0287. The van der Waals surface area contributed by atoms with Gasteiger partial charge in [0.05, 0.1) is 17.4 Å². The van der Waals surface area contributed by atoms with Crippen LogP contribution in [0.3, 0.4) is 0 Å². The predicted molar refractivity (Wildman–Crippen MR) is 159 cm³/mol. The highest BCUT2D eigenvalue weighted by Gasteiger charge is 2.35. The number of fused-ring (bicyclic) bond motifs is 1. The van der Waals surface area contributed by atoms with Crippen LogP contribution in [0.15, 0.2) is 103 Å². The summed E-state index contributed by atoms with van der Waals surface area (Å²) in [4.78, 5) is 37.9. The van der Waals surface area contributed by atoms with Gasteiger partial charge >= 0.3 is 0 Å². The summed E-state index contributed by atoms with van der Waals surface area (Å²) >= 11 is 0. The van der Waals surface area contributed by atoms with Crippen molar-refractivity contribution in [2.75, 3.05) is 4.90 Å². The maximum atomic E-state index is 14.4. The summed E-state index contributed by atoms with van der Waals surface area (Å²) in [5, 5.41) is 4.04. The lowest BCUT2D eigenvalue weighted by molar-refractivity contribution is -0.123. The summed E-state index contributed by atoms with van der Waals surface area (Å²) in [6, 6.07) is 27.6. The van der Waals surface area contributed by atoms with Crippen LogP contribution < -0.4 is 10.2 Å². The van der Waals surface area contributed by atoms with E-state index in [2.05, 4.69) is 15.3 Å². The van der Waals surface area contributed by atoms with Gasteiger partial charge in [0.2, 0.25) is 5.91 Å². The molecule has 2 heterocycles. The van der Waals surface area contributed by atoms with Gasteiger partial charge in [-0.05, 0) is 60.4 Å². The molecule has 0 spiro atoms. The standard InChI is InChI=1S/C34H31FN4O2/c35-26-17-15-24(16-18-26)32(33(40)37-27-12-5-2-6-13-27)39(28-21-25-11-7-8-14-29(25)36-22-28)34(41)31-20-19-30(38-31)23-9-3-1-4-10-23/h1,3-4,7-11,14-22,27,32,38H,2,5-6,12-13H2,(H,37,40)/t32-/m1/s1. The second-order valence-corrected chi connectivity index (χ2v) is 10.5. The van der Waals surface area contributed by atoms with Crippen LogP contribution in [0.2, 0.25) is 0 Å². The summed E-state index contributed by atoms with van der Waals surface area (Å²) in [6.45, 7) is 0. The molecule has 1 fully saturated rings. The Balaban J connectivity index is 1.46. The third-order valence-corrected chi connectivity index (χ3v) is 7.72. The van der Waals surface area contributed by atoms with E-state index in [0.717, 1.165) is 54.3 Å². The van der Waals surface area contributed by atoms with Gasteiger partial charge < -0.3 is 10.3 Å². The molecule has 2 N–H and O–H groups in total. The number of hydrogen-bond acceptors (Lipinski definition) is 3. The van der Waals surface area contributed by atoms with Gasteiger partial charge in [-0.15, -0.1) is 0 Å². The summed E-state index contributed by atoms with van der Waals surface area (Å²) in [6.07, 6.45) is 6.65. The second-order valence-electron chi connectivity index (χ2n) is 10.5. The molecule has 1 atom stereocenters. The van der Waals surface area contributed by atoms with Crippen molar-refractivity contribution in [3.8, 4) is 11.3 Å². The van der Waals surface area contributed by atoms with Crippen LogP contribution in [-0.2, 0) is 4.79 Å². The number of H-pyrrole nitrogens is 1. The van der Waals surface area contributed by atoms with Gasteiger partial charge in [-0.1, -0.05) is 79.9 Å². The Bertz CT molecular complexity index is 1660. The lowest BCUT2D eigenvalue weighted by atomic mass is 9.94. The van der Waals surface area contributed by atoms with Crippen LogP contribution in [0.25, 0.3) is 22.2 Å². The number of aromatic amines is 1. The minimum Gasteiger partial charge on any atom is -0.351 e. The molecular formula is C34H31FN4O2. The predicted octanol–water partition coefficient (Wildman–Crippen LogP) is 7.21. The molecule has 1 aliphatic rings. The van der Waals surface area contributed by atoms with Gasteiger partial charge in [0.25, 0.3) is 5.91 Å². The van der Waals surface area contributed by atoms with Gasteiger partial charge in [0, 0.05) is 17.1 Å². The highest BCUT2D eigenvalue weighted by atomic mass is 19.1. The summed E-state index contributed by atoms with van der Waals surface area (Å²) in [5.74, 6) is -1.11. The number of rotatable bonds is 7. The van der Waals surface area contributed by atoms with Crippen LogP contribution in [0, 0.1) is 5.82 Å². The van der Waals surface area contributed by atoms with Crippen molar-refractivity contribution >= 4 is 28.4 Å². The molecule has 1 saturated carbocycles. The smallest absolute Gasteiger partial charge is 0.275 e. The molecule has 206 valence electrons. The average molecular weight is 547 g/mol. The number of amides is 2. The van der Waals surface area contributed by atoms with Gasteiger partial charge in [0.1, 0.15) is 17.6 Å². The quantitative estimate of drug-likeness (QED) is 0.227. The van der Waals surface area contributed by atoms with Crippen LogP contribution in [0.4, 0.5) is 10.1 Å². The summed E-state index contributed by atoms with van der Waals surface area (Å²) < 4.78 is 14.0. The number of benzene rings is 3. The molecule has 2 aromatic heterocycles. The number of nitrogens with zero attached hydrogens (tertiary/aromatic N) is 2. The largest absolute Gasteiger partial charge is 0.351 e. The topological polar surface area (TPSA) is 78.1 Å². The molecule has 6 rings (SSSR count). The van der Waals surface area contributed by atoms with E-state index in [9.17, 15) is 14.0 Å². The maximum absolute atomic E-state index is 14.4. The number of pyridine rings is 1. The number of aromatic nitrogens is 2. The number of carbonyl (C=O) groups is 2. The monoisotopic (exact) mass is 546 g/mol. The average Bonchev–Trinajstić information content (AvgIpc) is 3.51. The summed E-state index contributed by atoms with van der Waals surface area (Å²) in [7, 11) is 0. The number of anilines is 1. The zero-order valence-electron chi connectivity index (χ0n) is 22.6. The first-order valence-electron chi connectivity index (χ1n) is 14.1. The lowest BCUT2D eigenvalue weighted by Gasteiger charge is -2.33. The maximum Gasteiger partial charge on any atom is 0.275 e. The van der Waals surface area contributed by atoms with Crippen molar-refractivity contribution in [1.29, 1.82) is 0 Å². The Labute approximate surface area is 238 Å². The van der Waals surface area contributed by atoms with E-state index in [4.69, 9.17) is 0 Å². The Morgan fingerprint density at radius 2 is 1.61 bits per heavy atom. The number of hydrogen-bond donors (Lipinski definition) is 2. The van der Waals surface area contributed by atoms with Gasteiger partial charge in [-0.2, -0.15) is 0 Å². The fourth-order valence-corrected chi connectivity index (χ4v) is 5.60. The van der Waals surface area contributed by atoms with E-state index in [1.54, 1.807) is 24.4 Å². The molecule has 0 saturated heterocycles. The first-order chi connectivity index (χ1) is 20.1. The van der Waals surface area contributed by atoms with Crippen LogP contribution in [0.1, 0.15) is 54.2 Å². The van der Waals surface area contributed by atoms with Gasteiger partial charge in [-0.25, -0.2) is 4.39 Å². The minimum atomic E-state index is -1.04. The lowest BCUT2D eigenvalue weighted by Crippen LogP contribution is -2.47. The van der Waals surface area contributed by atoms with Crippen molar-refractivity contribution in [2.45, 2.75) is 44.2 Å². The van der Waals surface area contributed by atoms with E-state index in [1.165, 1.54) is 17.0 Å². The van der Waals surface area contributed by atoms with Crippen molar-refractivity contribution in [3.63, 3.8) is 0 Å². The molecule has 0 radical (unpaired) electrons. The normalized spacial score (nSPS) is 14.5. The molecule has 6 nitrogen and oxygen atoms in total. The van der Waals surface area contributed by atoms with E-state index in [1.807, 2.05) is 66.7 Å². The first kappa shape index (κ1) is 26.4. The Morgan fingerprint density at radius 3 is 2.39 bits per heavy atom. The SMILES string of the molecule is O=C(NC1CCCCC1)[C@@H](c1ccc(F)cc1)N(C(=O)c1ccc(-c2ccccc2)[nH]1)c1cnc2ccccc2c1. The molecule has 0 bridgehead atoms. The molecule has 7 heteroatoms. The van der Waals surface area contributed by atoms with Crippen LogP contribution in [0.5, 0.6) is 0 Å². The molecule has 2 amide bonds. The van der Waals surface area contributed by atoms with Gasteiger partial charge in [0.15, 0.2) is 0 Å². The number of nitrogens with one attached hydrogen (secondary N) is 2. The van der Waals surface area contributed by atoms with Crippen LogP contribution >= 0.6 is 0 Å². The third-order valence-electron chi connectivity index (χ3n) is 7.72. The zero-order valence-corrected chi connectivity index (χ0v) is 22.6. The fraction of sp³-hybridized carbons (Fsp3) is 0.206. The van der Waals surface area contributed by atoms with Crippen molar-refractivity contribution in [3.05, 3.63) is 120 Å². The highest BCUT2D eigenvalue weighted by Crippen LogP contribution is 2.32. The molecule has 3 aromatic carbocycles. The van der Waals surface area contributed by atoms with E-state index in [-0.39, 0.29) is 11.9 Å². The fourth-order valence-electron chi connectivity index (χ4n) is 5.60. The third kappa shape index (κ3) is 5.75. The molecule has 0 unspecified atom stereocenters. The molecule has 0 aliphatic heterocycles. The van der Waals surface area contributed by atoms with Crippen molar-refractivity contribution in [1.82, 2.24) is 15.3 Å². The van der Waals surface area contributed by atoms with E-state index in [0.29, 0.717) is 16.9 Å². The highest BCUT2D eigenvalue weighted by molar-refractivity contribution is 6.10. The van der Waals surface area contributed by atoms with E-state index >= 15 is 0 Å². The first-order valence-corrected chi connectivity index (χ1v) is 14.1. The Hall–Kier alpha value is -4.78. The Morgan fingerprint density at radius 1 is 0.878 bits per heavy atom. The number of halogens is 1. The van der Waals surface area contributed by atoms with E-state index < -0.39 is 17.8 Å². The number of carbonyl (C=O) groups excluding carboxylic acids is 2. The molecular weight excluding hydrogens is 515 g/mol. The zero-order chi connectivity index (χ0) is 28.2. The molecule has 1 aliphatic carbocycles. The Kier molecular flexibility index (Phi) is 7.58. The molecule has 5 aromatic rings. The van der Waals surface area contributed by atoms with Crippen molar-refractivity contribution < 1.29 is 14.0 Å². The van der Waals surface area contributed by atoms with Crippen molar-refractivity contribution in [2.24, 2.45) is 0 Å². The van der Waals surface area contributed by atoms with Crippen LogP contribution in [-0.4, -0.2) is 27.8 Å². The number of para-hydroxylation sites is 1. The second kappa shape index (κ2) is 11.8.